The molecule has 1 aromatic carbocycles. The SMILES string of the molecule is CC1NCCc2c1nn(C(F)(F)F)c2-c1cc(F)cc(F)c1. The molecule has 22 heavy (non-hydrogen) atoms. The molecule has 1 atom stereocenters. The number of nitrogens with zero attached hydrogens (tertiary/aromatic N) is 2. The molecule has 0 amide bonds. The van der Waals surface area contributed by atoms with Gasteiger partial charge in [-0.25, -0.2) is 8.78 Å². The molecular weight excluding hydrogens is 305 g/mol. The predicted octanol–water partition coefficient (Wildman–Crippen LogP) is 3.51. The van der Waals surface area contributed by atoms with Crippen molar-refractivity contribution in [3.8, 4) is 11.3 Å². The van der Waals surface area contributed by atoms with Gasteiger partial charge in [-0.05, 0) is 32.0 Å². The Morgan fingerprint density at radius 3 is 2.41 bits per heavy atom. The molecule has 0 bridgehead atoms. The van der Waals surface area contributed by atoms with E-state index in [1.807, 2.05) is 0 Å². The Morgan fingerprint density at radius 1 is 1.18 bits per heavy atom. The number of hydrogen-bond acceptors (Lipinski definition) is 2. The van der Waals surface area contributed by atoms with Gasteiger partial charge in [0.25, 0.3) is 0 Å². The van der Waals surface area contributed by atoms with Crippen LogP contribution in [-0.2, 0) is 12.7 Å². The molecule has 1 unspecified atom stereocenters. The number of halogens is 5. The van der Waals surface area contributed by atoms with Gasteiger partial charge in [0, 0.05) is 23.2 Å². The van der Waals surface area contributed by atoms with Crippen molar-refractivity contribution < 1.29 is 22.0 Å². The Balaban J connectivity index is 2.29. The highest BCUT2D eigenvalue weighted by molar-refractivity contribution is 5.66. The van der Waals surface area contributed by atoms with Crippen molar-refractivity contribution in [3.05, 3.63) is 41.1 Å². The molecule has 3 rings (SSSR count). The van der Waals surface area contributed by atoms with E-state index in [-0.39, 0.29) is 27.7 Å². The summed E-state index contributed by atoms with van der Waals surface area (Å²) in [6.45, 7) is 2.17. The average molecular weight is 317 g/mol. The summed E-state index contributed by atoms with van der Waals surface area (Å²) in [4.78, 5) is 0. The van der Waals surface area contributed by atoms with Gasteiger partial charge in [-0.15, -0.1) is 13.2 Å². The molecule has 1 aliphatic heterocycles. The quantitative estimate of drug-likeness (QED) is 0.816. The van der Waals surface area contributed by atoms with Crippen LogP contribution in [0.15, 0.2) is 18.2 Å². The molecule has 1 N–H and O–H groups in total. The van der Waals surface area contributed by atoms with Crippen molar-refractivity contribution in [3.63, 3.8) is 0 Å². The molecule has 0 saturated heterocycles. The van der Waals surface area contributed by atoms with E-state index in [0.717, 1.165) is 12.1 Å². The van der Waals surface area contributed by atoms with Gasteiger partial charge in [-0.1, -0.05) is 0 Å². The van der Waals surface area contributed by atoms with Crippen molar-refractivity contribution in [2.24, 2.45) is 0 Å². The highest BCUT2D eigenvalue weighted by Crippen LogP contribution is 2.37. The van der Waals surface area contributed by atoms with Crippen molar-refractivity contribution in [1.29, 1.82) is 0 Å². The van der Waals surface area contributed by atoms with Crippen LogP contribution < -0.4 is 5.32 Å². The molecule has 118 valence electrons. The highest BCUT2D eigenvalue weighted by atomic mass is 19.4. The number of benzene rings is 1. The molecular formula is C14H12F5N3. The molecule has 0 aliphatic carbocycles. The number of hydrogen-bond donors (Lipinski definition) is 1. The van der Waals surface area contributed by atoms with Crippen LogP contribution in [0.25, 0.3) is 11.3 Å². The monoisotopic (exact) mass is 317 g/mol. The van der Waals surface area contributed by atoms with Crippen LogP contribution in [0.3, 0.4) is 0 Å². The summed E-state index contributed by atoms with van der Waals surface area (Å²) in [7, 11) is 0. The number of aromatic nitrogens is 2. The standard InChI is InChI=1S/C14H12F5N3/c1-7-12-11(2-3-20-7)13(22(21-12)14(17,18)19)8-4-9(15)6-10(16)5-8/h4-7,20H,2-3H2,1H3. The second kappa shape index (κ2) is 5.05. The zero-order chi connectivity index (χ0) is 16.1. The van der Waals surface area contributed by atoms with Gasteiger partial charge in [0.1, 0.15) is 11.6 Å². The molecule has 2 heterocycles. The first-order valence-electron chi connectivity index (χ1n) is 6.66. The van der Waals surface area contributed by atoms with Gasteiger partial charge in [0.05, 0.1) is 11.4 Å². The fraction of sp³-hybridized carbons (Fsp3) is 0.357. The maximum Gasteiger partial charge on any atom is 0.505 e. The van der Waals surface area contributed by atoms with Crippen LogP contribution >= 0.6 is 0 Å². The Kier molecular flexibility index (Phi) is 3.43. The lowest BCUT2D eigenvalue weighted by atomic mass is 9.97. The Labute approximate surface area is 122 Å². The fourth-order valence-electron chi connectivity index (χ4n) is 2.74. The molecule has 2 aromatic rings. The van der Waals surface area contributed by atoms with E-state index in [0.29, 0.717) is 24.6 Å². The zero-order valence-electron chi connectivity index (χ0n) is 11.5. The summed E-state index contributed by atoms with van der Waals surface area (Å²) < 4.78 is 66.4. The van der Waals surface area contributed by atoms with Crippen LogP contribution in [0.5, 0.6) is 0 Å². The van der Waals surface area contributed by atoms with Crippen molar-refractivity contribution in [2.75, 3.05) is 6.54 Å². The van der Waals surface area contributed by atoms with Gasteiger partial charge >= 0.3 is 6.30 Å². The van der Waals surface area contributed by atoms with E-state index in [1.165, 1.54) is 0 Å². The van der Waals surface area contributed by atoms with E-state index in [9.17, 15) is 22.0 Å². The minimum atomic E-state index is -4.77. The van der Waals surface area contributed by atoms with Crippen LogP contribution in [0.1, 0.15) is 24.2 Å². The zero-order valence-corrected chi connectivity index (χ0v) is 11.5. The van der Waals surface area contributed by atoms with Crippen molar-refractivity contribution >= 4 is 0 Å². The third kappa shape index (κ3) is 2.47. The first-order chi connectivity index (χ1) is 10.3. The van der Waals surface area contributed by atoms with Crippen LogP contribution in [0.2, 0.25) is 0 Å². The smallest absolute Gasteiger partial charge is 0.308 e. The molecule has 0 spiro atoms. The lowest BCUT2D eigenvalue weighted by Gasteiger charge is -2.19. The maximum atomic E-state index is 13.4. The summed E-state index contributed by atoms with van der Waals surface area (Å²) in [6.07, 6.45) is -4.46. The summed E-state index contributed by atoms with van der Waals surface area (Å²) in [5, 5.41) is 6.64. The van der Waals surface area contributed by atoms with Crippen LogP contribution in [-0.4, -0.2) is 16.3 Å². The number of alkyl halides is 3. The van der Waals surface area contributed by atoms with Crippen LogP contribution in [0, 0.1) is 11.6 Å². The van der Waals surface area contributed by atoms with E-state index in [4.69, 9.17) is 0 Å². The second-order valence-corrected chi connectivity index (χ2v) is 5.18. The average Bonchev–Trinajstić information content (AvgIpc) is 2.78. The molecule has 0 radical (unpaired) electrons. The largest absolute Gasteiger partial charge is 0.505 e. The normalized spacial score (nSPS) is 18.4. The summed E-state index contributed by atoms with van der Waals surface area (Å²) >= 11 is 0. The Morgan fingerprint density at radius 2 is 1.82 bits per heavy atom. The lowest BCUT2D eigenvalue weighted by Crippen LogP contribution is -2.27. The third-order valence-electron chi connectivity index (χ3n) is 3.63. The minimum absolute atomic E-state index is 0.102. The van der Waals surface area contributed by atoms with E-state index in [1.54, 1.807) is 6.92 Å². The fourth-order valence-corrected chi connectivity index (χ4v) is 2.74. The number of nitrogens with one attached hydrogen (secondary N) is 1. The van der Waals surface area contributed by atoms with Crippen molar-refractivity contribution in [2.45, 2.75) is 25.7 Å². The van der Waals surface area contributed by atoms with E-state index < -0.39 is 17.9 Å². The predicted molar refractivity (Wildman–Crippen MR) is 69.0 cm³/mol. The van der Waals surface area contributed by atoms with E-state index in [2.05, 4.69) is 10.4 Å². The summed E-state index contributed by atoms with van der Waals surface area (Å²) in [5.41, 5.74) is 0.156. The van der Waals surface area contributed by atoms with Gasteiger partial charge in [0.15, 0.2) is 0 Å². The van der Waals surface area contributed by atoms with Gasteiger partial charge < -0.3 is 5.32 Å². The number of rotatable bonds is 1. The maximum absolute atomic E-state index is 13.4. The molecule has 0 fully saturated rings. The van der Waals surface area contributed by atoms with Crippen molar-refractivity contribution in [1.82, 2.24) is 15.1 Å². The van der Waals surface area contributed by atoms with Gasteiger partial charge in [0.2, 0.25) is 0 Å². The Hall–Kier alpha value is -1.96. The van der Waals surface area contributed by atoms with E-state index >= 15 is 0 Å². The molecule has 3 nitrogen and oxygen atoms in total. The minimum Gasteiger partial charge on any atom is -0.308 e. The summed E-state index contributed by atoms with van der Waals surface area (Å²) in [6, 6.07) is 2.03. The lowest BCUT2D eigenvalue weighted by molar-refractivity contribution is -0.211. The third-order valence-corrected chi connectivity index (χ3v) is 3.63. The molecule has 0 saturated carbocycles. The second-order valence-electron chi connectivity index (χ2n) is 5.18. The van der Waals surface area contributed by atoms with Gasteiger partial charge in [-0.3, -0.25) is 0 Å². The topological polar surface area (TPSA) is 29.9 Å². The Bertz CT molecular complexity index is 700. The molecule has 1 aromatic heterocycles. The van der Waals surface area contributed by atoms with Crippen LogP contribution in [0.4, 0.5) is 22.0 Å². The number of fused-ring (bicyclic) bond motifs is 1. The molecule has 8 heteroatoms. The first-order valence-corrected chi connectivity index (χ1v) is 6.66. The first kappa shape index (κ1) is 15.0. The summed E-state index contributed by atoms with van der Waals surface area (Å²) in [5.74, 6) is -1.86. The highest BCUT2D eigenvalue weighted by Gasteiger charge is 2.39. The molecule has 1 aliphatic rings. The van der Waals surface area contributed by atoms with Gasteiger partial charge in [-0.2, -0.15) is 9.78 Å².